The molecule has 13 heavy (non-hydrogen) atoms. The van der Waals surface area contributed by atoms with Crippen LogP contribution in [0.3, 0.4) is 0 Å². The molecule has 1 saturated heterocycles. The molecule has 1 aliphatic rings. The molecule has 0 radical (unpaired) electrons. The Labute approximate surface area is 73.9 Å². The van der Waals surface area contributed by atoms with Crippen molar-refractivity contribution in [2.45, 2.75) is 12.8 Å². The van der Waals surface area contributed by atoms with Gasteiger partial charge in [0.15, 0.2) is 1.37 Å². The van der Waals surface area contributed by atoms with Gasteiger partial charge in [0.1, 0.15) is 0 Å². The van der Waals surface area contributed by atoms with Crippen LogP contribution in [0, 0.1) is 0 Å². The van der Waals surface area contributed by atoms with E-state index in [1.165, 1.54) is 0 Å². The molecule has 0 spiro atoms. The Kier molecular flexibility index (Phi) is 2.11. The lowest BCUT2D eigenvalue weighted by molar-refractivity contribution is -0.193. The van der Waals surface area contributed by atoms with E-state index in [-0.39, 0.29) is 17.9 Å². The maximum atomic E-state index is 10.9. The van der Waals surface area contributed by atoms with E-state index in [0.717, 1.165) is 0 Å². The minimum atomic E-state index is -1.36. The van der Waals surface area contributed by atoms with E-state index < -0.39 is 24.0 Å². The molecule has 1 heterocycles. The fourth-order valence-electron chi connectivity index (χ4n) is 0.802. The highest BCUT2D eigenvalue weighted by atomic mass is 16.7. The lowest BCUT2D eigenvalue weighted by Crippen LogP contribution is -2.32. The van der Waals surface area contributed by atoms with Gasteiger partial charge in [-0.25, -0.2) is 4.79 Å². The minimum absolute atomic E-state index is 0.0320. The lowest BCUT2D eigenvalue weighted by atomic mass is 10.4. The first-order valence-corrected chi connectivity index (χ1v) is 3.33. The van der Waals surface area contributed by atoms with Gasteiger partial charge in [-0.05, 0) is 0 Å². The predicted molar refractivity (Wildman–Crippen MR) is 36.9 cm³/mol. The average molecular weight is 184 g/mol. The smallest absolute Gasteiger partial charge is 0.361 e. The summed E-state index contributed by atoms with van der Waals surface area (Å²) in [4.78, 5) is 39.0. The second-order valence-corrected chi connectivity index (χ2v) is 2.17. The first-order chi connectivity index (χ1) is 6.56. The second-order valence-electron chi connectivity index (χ2n) is 2.17. The van der Waals surface area contributed by atoms with Crippen LogP contribution in [0.1, 0.15) is 14.2 Å². The van der Waals surface area contributed by atoms with Crippen molar-refractivity contribution in [1.82, 2.24) is 5.06 Å². The first kappa shape index (κ1) is 7.63. The molecular weight excluding hydrogens is 178 g/mol. The van der Waals surface area contributed by atoms with Gasteiger partial charge in [0.2, 0.25) is 0 Å². The van der Waals surface area contributed by atoms with Gasteiger partial charge < -0.3 is 10.4 Å². The molecule has 1 aliphatic heterocycles. The van der Waals surface area contributed by atoms with Crippen LogP contribution in [0.4, 0.5) is 0 Å². The zero-order valence-electron chi connectivity index (χ0n) is 7.39. The van der Waals surface area contributed by atoms with E-state index in [1.54, 1.807) is 0 Å². The fraction of sp³-hybridized carbons (Fsp3) is 0.333. The number of amides is 2. The first-order valence-electron chi connectivity index (χ1n) is 3.83. The van der Waals surface area contributed by atoms with Crippen molar-refractivity contribution in [2.24, 2.45) is 0 Å². The van der Waals surface area contributed by atoms with Crippen LogP contribution in [-0.2, 0) is 19.2 Å². The van der Waals surface area contributed by atoms with Crippen molar-refractivity contribution in [3.8, 4) is 0 Å². The van der Waals surface area contributed by atoms with Crippen molar-refractivity contribution >= 4 is 24.0 Å². The normalized spacial score (nSPS) is 16.6. The molecule has 0 saturated carbocycles. The summed E-state index contributed by atoms with van der Waals surface area (Å²) in [7, 11) is 0. The van der Waals surface area contributed by atoms with E-state index in [2.05, 4.69) is 9.63 Å². The molecule has 0 aromatic rings. The molecule has 0 atom stereocenters. The lowest BCUT2D eigenvalue weighted by Gasteiger charge is -2.08. The third kappa shape index (κ3) is 1.97. The maximum absolute atomic E-state index is 10.9. The summed E-state index contributed by atoms with van der Waals surface area (Å²) in [6.45, 7) is 0. The van der Waals surface area contributed by atoms with Crippen molar-refractivity contribution in [2.75, 3.05) is 0 Å². The Morgan fingerprint density at radius 1 is 1.62 bits per heavy atom. The molecule has 68 valence electrons. The summed E-state index contributed by atoms with van der Waals surface area (Å²) in [5.41, 5.74) is 8.02. The number of carbonyl (C=O) groups excluding carboxylic acids is 3. The number of hydroxylamine groups is 2. The Bertz CT molecular complexity index is 344. The van der Waals surface area contributed by atoms with Gasteiger partial charge in [-0.3, -0.25) is 9.59 Å². The highest BCUT2D eigenvalue weighted by Crippen LogP contribution is 2.11. The zero-order chi connectivity index (χ0) is 10.7. The third-order valence-corrected chi connectivity index (χ3v) is 1.32. The van der Waals surface area contributed by atoms with Crippen LogP contribution < -0.4 is 0 Å². The van der Waals surface area contributed by atoms with Gasteiger partial charge in [0.05, 0.1) is 0 Å². The van der Waals surface area contributed by atoms with Crippen molar-refractivity contribution in [3.05, 3.63) is 5.53 Å². The van der Waals surface area contributed by atoms with Crippen LogP contribution in [-0.4, -0.2) is 33.8 Å². The molecule has 0 aromatic heterocycles. The Morgan fingerprint density at radius 3 is 2.62 bits per heavy atom. The number of rotatable bonds is 2. The zero-order valence-corrected chi connectivity index (χ0v) is 6.39. The molecule has 0 aliphatic carbocycles. The molecule has 0 aromatic carbocycles. The summed E-state index contributed by atoms with van der Waals surface area (Å²) in [5, 5.41) is 0.266. The summed E-state index contributed by atoms with van der Waals surface area (Å²) < 4.78 is 6.70. The number of carbonyl (C=O) groups is 3. The molecule has 1 rings (SSSR count). The largest absolute Gasteiger partial charge is 0.438 e. The molecule has 1 fully saturated rings. The van der Waals surface area contributed by atoms with Gasteiger partial charge in [0, 0.05) is 12.8 Å². The minimum Gasteiger partial charge on any atom is -0.361 e. The quantitative estimate of drug-likeness (QED) is 0.235. The van der Waals surface area contributed by atoms with E-state index in [1.807, 2.05) is 0 Å². The number of hydrogen-bond donors (Lipinski definition) is 0. The molecule has 0 unspecified atom stereocenters. The number of imide groups is 1. The molecule has 2 amide bonds. The topological polar surface area (TPSA) is 100 Å². The van der Waals surface area contributed by atoms with E-state index in [4.69, 9.17) is 6.90 Å². The van der Waals surface area contributed by atoms with Gasteiger partial charge in [-0.15, -0.1) is 5.06 Å². The van der Waals surface area contributed by atoms with Crippen molar-refractivity contribution < 1.29 is 25.4 Å². The fourth-order valence-corrected chi connectivity index (χ4v) is 0.802. The molecule has 0 N–H and O–H groups in total. The van der Waals surface area contributed by atoms with Gasteiger partial charge >= 0.3 is 12.2 Å². The summed E-state index contributed by atoms with van der Waals surface area (Å²) in [6.07, 6.45) is -1.15. The summed E-state index contributed by atoms with van der Waals surface area (Å²) in [6, 6.07) is 0. The highest BCUT2D eigenvalue weighted by molar-refractivity contribution is 6.21. The van der Waals surface area contributed by atoms with Gasteiger partial charge in [-0.1, -0.05) is 0 Å². The van der Waals surface area contributed by atoms with Crippen LogP contribution in [0.2, 0.25) is 0 Å². The van der Waals surface area contributed by atoms with E-state index >= 15 is 0 Å². The standard InChI is InChI=1S/C6H5N3O4/c7-8-3-6(12)13-9-4(10)1-2-5(9)11/h3H,1-2H2/i3D. The molecule has 0 bridgehead atoms. The molecular formula is C6H5N3O4. The van der Waals surface area contributed by atoms with Crippen LogP contribution >= 0.6 is 0 Å². The monoisotopic (exact) mass is 184 g/mol. The highest BCUT2D eigenvalue weighted by Gasteiger charge is 2.33. The van der Waals surface area contributed by atoms with Gasteiger partial charge in [0.25, 0.3) is 11.8 Å². The van der Waals surface area contributed by atoms with Crippen molar-refractivity contribution in [3.63, 3.8) is 0 Å². The molecule has 7 heteroatoms. The summed E-state index contributed by atoms with van der Waals surface area (Å²) >= 11 is 0. The van der Waals surface area contributed by atoms with E-state index in [0.29, 0.717) is 0 Å². The van der Waals surface area contributed by atoms with Gasteiger partial charge in [-0.2, -0.15) is 4.79 Å². The maximum Gasteiger partial charge on any atom is 0.438 e. The number of nitrogens with zero attached hydrogens (tertiary/aromatic N) is 3. The Balaban J connectivity index is 2.69. The van der Waals surface area contributed by atoms with Crippen LogP contribution in [0.15, 0.2) is 0 Å². The average Bonchev–Trinajstić information content (AvgIpc) is 2.48. The van der Waals surface area contributed by atoms with Crippen LogP contribution in [0.25, 0.3) is 5.53 Å². The third-order valence-electron chi connectivity index (χ3n) is 1.32. The predicted octanol–water partition coefficient (Wildman–Crippen LogP) is -1.11. The Hall–Kier alpha value is -2.01. The van der Waals surface area contributed by atoms with Crippen molar-refractivity contribution in [1.29, 1.82) is 0 Å². The summed E-state index contributed by atoms with van der Waals surface area (Å²) in [5.74, 6) is -2.68. The Morgan fingerprint density at radius 2 is 2.15 bits per heavy atom. The number of hydrogen-bond acceptors (Lipinski definition) is 4. The second kappa shape index (κ2) is 3.59. The SMILES string of the molecule is [2H]C(=[N+]=[N-])C(=O)ON1C(=O)CCC1=O. The van der Waals surface area contributed by atoms with Crippen LogP contribution in [0.5, 0.6) is 0 Å². The van der Waals surface area contributed by atoms with E-state index in [9.17, 15) is 14.4 Å². The molecule has 7 nitrogen and oxygen atoms in total.